The highest BCUT2D eigenvalue weighted by atomic mass is 16.3. The van der Waals surface area contributed by atoms with Crippen LogP contribution in [0.3, 0.4) is 0 Å². The highest BCUT2D eigenvalue weighted by Gasteiger charge is 2.41. The zero-order valence-electron chi connectivity index (χ0n) is 12.2. The molecule has 0 amide bonds. The summed E-state index contributed by atoms with van der Waals surface area (Å²) in [6, 6.07) is 0. The van der Waals surface area contributed by atoms with Gasteiger partial charge in [-0.1, -0.05) is 46.0 Å². The van der Waals surface area contributed by atoms with E-state index < -0.39 is 0 Å². The van der Waals surface area contributed by atoms with Crippen molar-refractivity contribution in [3.05, 3.63) is 0 Å². The van der Waals surface area contributed by atoms with Crippen LogP contribution in [-0.4, -0.2) is 35.7 Å². The summed E-state index contributed by atoms with van der Waals surface area (Å²) in [5.41, 5.74) is 0.0558. The third-order valence-electron chi connectivity index (χ3n) is 4.64. The Kier molecular flexibility index (Phi) is 5.94. The van der Waals surface area contributed by atoms with Crippen molar-refractivity contribution >= 4 is 0 Å². The molecule has 1 aliphatic carbocycles. The third-order valence-corrected chi connectivity index (χ3v) is 4.64. The van der Waals surface area contributed by atoms with E-state index in [0.717, 1.165) is 6.42 Å². The largest absolute Gasteiger partial charge is 0.391 e. The van der Waals surface area contributed by atoms with E-state index in [9.17, 15) is 5.11 Å². The first kappa shape index (κ1) is 15.0. The van der Waals surface area contributed by atoms with Crippen LogP contribution in [0.1, 0.15) is 65.2 Å². The van der Waals surface area contributed by atoms with E-state index in [4.69, 9.17) is 0 Å². The zero-order chi connectivity index (χ0) is 12.9. The van der Waals surface area contributed by atoms with Crippen LogP contribution in [-0.2, 0) is 0 Å². The summed E-state index contributed by atoms with van der Waals surface area (Å²) in [5.74, 6) is 0.647. The molecule has 0 bridgehead atoms. The Balaban J connectivity index is 2.63. The lowest BCUT2D eigenvalue weighted by molar-refractivity contribution is -0.0424. The Morgan fingerprint density at radius 3 is 2.24 bits per heavy atom. The van der Waals surface area contributed by atoms with Gasteiger partial charge in [0.25, 0.3) is 0 Å². The maximum absolute atomic E-state index is 10.7. The van der Waals surface area contributed by atoms with Crippen molar-refractivity contribution in [2.75, 3.05) is 14.1 Å². The molecule has 2 heteroatoms. The second-order valence-corrected chi connectivity index (χ2v) is 6.20. The molecule has 0 aliphatic heterocycles. The highest BCUT2D eigenvalue weighted by molar-refractivity contribution is 4.97. The Hall–Kier alpha value is -0.0800. The molecule has 17 heavy (non-hydrogen) atoms. The maximum Gasteiger partial charge on any atom is 0.0726 e. The molecule has 1 fully saturated rings. The second-order valence-electron chi connectivity index (χ2n) is 6.20. The smallest absolute Gasteiger partial charge is 0.0726 e. The van der Waals surface area contributed by atoms with Crippen molar-refractivity contribution in [2.24, 2.45) is 5.92 Å². The molecular formula is C15H31NO. The van der Waals surface area contributed by atoms with Gasteiger partial charge in [0, 0.05) is 5.54 Å². The summed E-state index contributed by atoms with van der Waals surface area (Å²) < 4.78 is 0. The van der Waals surface area contributed by atoms with Crippen molar-refractivity contribution in [3.8, 4) is 0 Å². The van der Waals surface area contributed by atoms with Gasteiger partial charge in [-0.15, -0.1) is 0 Å². The molecule has 0 aromatic heterocycles. The molecule has 2 nitrogen and oxygen atoms in total. The first-order valence-corrected chi connectivity index (χ1v) is 7.38. The summed E-state index contributed by atoms with van der Waals surface area (Å²) in [6.45, 7) is 4.50. The molecule has 0 radical (unpaired) electrons. The maximum atomic E-state index is 10.7. The van der Waals surface area contributed by atoms with E-state index in [0.29, 0.717) is 5.92 Å². The normalized spacial score (nSPS) is 23.6. The van der Waals surface area contributed by atoms with Crippen LogP contribution in [0.5, 0.6) is 0 Å². The topological polar surface area (TPSA) is 23.5 Å². The monoisotopic (exact) mass is 241 g/mol. The predicted molar refractivity (Wildman–Crippen MR) is 74.2 cm³/mol. The molecule has 0 saturated heterocycles. The average molecular weight is 241 g/mol. The molecule has 102 valence electrons. The van der Waals surface area contributed by atoms with Gasteiger partial charge in [-0.25, -0.2) is 0 Å². The van der Waals surface area contributed by atoms with Gasteiger partial charge < -0.3 is 10.0 Å². The number of aliphatic hydroxyl groups is 1. The van der Waals surface area contributed by atoms with E-state index in [1.54, 1.807) is 0 Å². The third kappa shape index (κ3) is 3.69. The minimum absolute atomic E-state index is 0.0558. The lowest BCUT2D eigenvalue weighted by atomic mass is 9.74. The SMILES string of the molecule is CCCC(C)CC(O)C1(N(C)C)CCCCC1. The lowest BCUT2D eigenvalue weighted by Crippen LogP contribution is -2.55. The number of nitrogens with zero attached hydrogens (tertiary/aromatic N) is 1. The van der Waals surface area contributed by atoms with Gasteiger partial charge in [-0.3, -0.25) is 0 Å². The minimum atomic E-state index is -0.153. The quantitative estimate of drug-likeness (QED) is 0.770. The summed E-state index contributed by atoms with van der Waals surface area (Å²) >= 11 is 0. The average Bonchev–Trinajstić information content (AvgIpc) is 2.29. The fourth-order valence-corrected chi connectivity index (χ4v) is 3.45. The minimum Gasteiger partial charge on any atom is -0.391 e. The van der Waals surface area contributed by atoms with Gasteiger partial charge in [0.05, 0.1) is 6.10 Å². The van der Waals surface area contributed by atoms with Crippen molar-refractivity contribution in [3.63, 3.8) is 0 Å². The molecule has 0 aromatic rings. The van der Waals surface area contributed by atoms with Gasteiger partial charge in [-0.05, 0) is 39.3 Å². The standard InChI is InChI=1S/C15H31NO/c1-5-9-13(2)12-14(17)15(16(3)4)10-7-6-8-11-15/h13-14,17H,5-12H2,1-4H3. The molecule has 2 unspecified atom stereocenters. The Morgan fingerprint density at radius 1 is 1.18 bits per heavy atom. The summed E-state index contributed by atoms with van der Waals surface area (Å²) in [5, 5.41) is 10.7. The molecule has 0 heterocycles. The van der Waals surface area contributed by atoms with Crippen molar-refractivity contribution < 1.29 is 5.11 Å². The number of hydrogen-bond acceptors (Lipinski definition) is 2. The lowest BCUT2D eigenvalue weighted by Gasteiger charge is -2.47. The molecular weight excluding hydrogens is 210 g/mol. The van der Waals surface area contributed by atoms with Gasteiger partial charge >= 0.3 is 0 Å². The first-order chi connectivity index (χ1) is 8.03. The van der Waals surface area contributed by atoms with Crippen LogP contribution in [0, 0.1) is 5.92 Å². The number of rotatable bonds is 6. The van der Waals surface area contributed by atoms with Crippen LogP contribution < -0.4 is 0 Å². The van der Waals surface area contributed by atoms with Crippen molar-refractivity contribution in [1.29, 1.82) is 0 Å². The summed E-state index contributed by atoms with van der Waals surface area (Å²) in [6.07, 6.45) is 9.50. The zero-order valence-corrected chi connectivity index (χ0v) is 12.2. The van der Waals surface area contributed by atoms with Crippen LogP contribution in [0.25, 0.3) is 0 Å². The highest BCUT2D eigenvalue weighted by Crippen LogP contribution is 2.37. The Bertz CT molecular complexity index is 209. The van der Waals surface area contributed by atoms with E-state index in [2.05, 4.69) is 32.8 Å². The van der Waals surface area contributed by atoms with Gasteiger partial charge in [0.15, 0.2) is 0 Å². The first-order valence-electron chi connectivity index (χ1n) is 7.38. The fourth-order valence-electron chi connectivity index (χ4n) is 3.45. The molecule has 0 aromatic carbocycles. The second kappa shape index (κ2) is 6.75. The van der Waals surface area contributed by atoms with E-state index in [1.165, 1.54) is 44.9 Å². The number of aliphatic hydroxyl groups excluding tert-OH is 1. The van der Waals surface area contributed by atoms with Crippen molar-refractivity contribution in [2.45, 2.75) is 76.9 Å². The Morgan fingerprint density at radius 2 is 1.76 bits per heavy atom. The Labute approximate surface area is 107 Å². The van der Waals surface area contributed by atoms with Gasteiger partial charge in [0.2, 0.25) is 0 Å². The predicted octanol–water partition coefficient (Wildman–Crippen LogP) is 3.44. The van der Waals surface area contributed by atoms with Gasteiger partial charge in [0.1, 0.15) is 0 Å². The molecule has 0 spiro atoms. The van der Waals surface area contributed by atoms with E-state index in [1.807, 2.05) is 0 Å². The van der Waals surface area contributed by atoms with Crippen molar-refractivity contribution in [1.82, 2.24) is 4.90 Å². The van der Waals surface area contributed by atoms with E-state index >= 15 is 0 Å². The molecule has 1 saturated carbocycles. The fraction of sp³-hybridized carbons (Fsp3) is 1.00. The van der Waals surface area contributed by atoms with Crippen LogP contribution in [0.15, 0.2) is 0 Å². The summed E-state index contributed by atoms with van der Waals surface area (Å²) in [4.78, 5) is 2.29. The molecule has 1 rings (SSSR count). The summed E-state index contributed by atoms with van der Waals surface area (Å²) in [7, 11) is 4.28. The molecule has 1 N–H and O–H groups in total. The number of hydrogen-bond donors (Lipinski definition) is 1. The van der Waals surface area contributed by atoms with Crippen LogP contribution >= 0.6 is 0 Å². The molecule has 1 aliphatic rings. The van der Waals surface area contributed by atoms with Crippen LogP contribution in [0.2, 0.25) is 0 Å². The van der Waals surface area contributed by atoms with Gasteiger partial charge in [-0.2, -0.15) is 0 Å². The van der Waals surface area contributed by atoms with E-state index in [-0.39, 0.29) is 11.6 Å². The molecule has 2 atom stereocenters. The van der Waals surface area contributed by atoms with Crippen LogP contribution in [0.4, 0.5) is 0 Å². The number of likely N-dealkylation sites (N-methyl/N-ethyl adjacent to an activating group) is 1.